The van der Waals surface area contributed by atoms with E-state index < -0.39 is 0 Å². The summed E-state index contributed by atoms with van der Waals surface area (Å²) in [7, 11) is 0. The summed E-state index contributed by atoms with van der Waals surface area (Å²) in [6.07, 6.45) is 5.43. The van der Waals surface area contributed by atoms with Gasteiger partial charge in [0.1, 0.15) is 0 Å². The third-order valence-electron chi connectivity index (χ3n) is 3.12. The molecule has 0 aromatic carbocycles. The van der Waals surface area contributed by atoms with Crippen LogP contribution < -0.4 is 5.90 Å². The summed E-state index contributed by atoms with van der Waals surface area (Å²) in [6, 6.07) is 0. The van der Waals surface area contributed by atoms with Gasteiger partial charge in [-0.05, 0) is 37.5 Å². The Labute approximate surface area is 75.4 Å². The van der Waals surface area contributed by atoms with Gasteiger partial charge in [0.05, 0.1) is 6.10 Å². The third-order valence-corrected chi connectivity index (χ3v) is 3.12. The molecule has 2 N–H and O–H groups in total. The zero-order chi connectivity index (χ0) is 9.19. The zero-order valence-corrected chi connectivity index (χ0v) is 8.47. The van der Waals surface area contributed by atoms with Crippen LogP contribution in [0.3, 0.4) is 0 Å². The fourth-order valence-corrected chi connectivity index (χ4v) is 2.27. The smallest absolute Gasteiger partial charge is 0.0787 e. The van der Waals surface area contributed by atoms with E-state index >= 15 is 0 Å². The molecule has 0 heterocycles. The maximum Gasteiger partial charge on any atom is 0.0787 e. The van der Waals surface area contributed by atoms with Gasteiger partial charge in [0.25, 0.3) is 0 Å². The van der Waals surface area contributed by atoms with Crippen molar-refractivity contribution in [2.45, 2.75) is 52.6 Å². The monoisotopic (exact) mass is 171 g/mol. The van der Waals surface area contributed by atoms with Gasteiger partial charge in [0.15, 0.2) is 0 Å². The Morgan fingerprint density at radius 3 is 2.67 bits per heavy atom. The Balaban J connectivity index is 2.46. The van der Waals surface area contributed by atoms with Crippen LogP contribution in [0.4, 0.5) is 0 Å². The minimum Gasteiger partial charge on any atom is -0.301 e. The fraction of sp³-hybridized carbons (Fsp3) is 1.00. The summed E-state index contributed by atoms with van der Waals surface area (Å²) in [5.41, 5.74) is 0.496. The van der Waals surface area contributed by atoms with Gasteiger partial charge in [-0.3, -0.25) is 0 Å². The van der Waals surface area contributed by atoms with Crippen molar-refractivity contribution in [1.82, 2.24) is 0 Å². The molecule has 2 nitrogen and oxygen atoms in total. The summed E-state index contributed by atoms with van der Waals surface area (Å²) in [5, 5.41) is 0. The highest BCUT2D eigenvalue weighted by Gasteiger charge is 2.31. The van der Waals surface area contributed by atoms with E-state index in [0.29, 0.717) is 11.3 Å². The van der Waals surface area contributed by atoms with Crippen LogP contribution in [0.1, 0.15) is 46.5 Å². The lowest BCUT2D eigenvalue weighted by atomic mass is 9.71. The van der Waals surface area contributed by atoms with E-state index in [4.69, 9.17) is 10.7 Å². The molecule has 0 aromatic heterocycles. The Bertz CT molecular complexity index is 145. The zero-order valence-electron chi connectivity index (χ0n) is 8.47. The SMILES string of the molecule is CC(ON)C1CCCC(C)(C)C1. The highest BCUT2D eigenvalue weighted by atomic mass is 16.6. The average Bonchev–Trinajstić information content (AvgIpc) is 2.01. The summed E-state index contributed by atoms with van der Waals surface area (Å²) in [6.45, 7) is 6.75. The quantitative estimate of drug-likeness (QED) is 0.648. The van der Waals surface area contributed by atoms with E-state index in [1.807, 2.05) is 0 Å². The normalized spacial score (nSPS) is 31.5. The van der Waals surface area contributed by atoms with E-state index in [1.54, 1.807) is 0 Å². The lowest BCUT2D eigenvalue weighted by Crippen LogP contribution is -2.32. The first-order valence-corrected chi connectivity index (χ1v) is 4.91. The largest absolute Gasteiger partial charge is 0.301 e. The van der Waals surface area contributed by atoms with E-state index in [1.165, 1.54) is 25.7 Å². The van der Waals surface area contributed by atoms with Crippen molar-refractivity contribution in [1.29, 1.82) is 0 Å². The molecule has 2 unspecified atom stereocenters. The molecule has 12 heavy (non-hydrogen) atoms. The molecule has 1 saturated carbocycles. The minimum absolute atomic E-state index is 0.226. The number of nitrogens with two attached hydrogens (primary N) is 1. The first kappa shape index (κ1) is 10.0. The van der Waals surface area contributed by atoms with Crippen LogP contribution in [0.15, 0.2) is 0 Å². The van der Waals surface area contributed by atoms with Gasteiger partial charge in [-0.1, -0.05) is 20.3 Å². The van der Waals surface area contributed by atoms with Gasteiger partial charge in [0, 0.05) is 0 Å². The molecule has 2 atom stereocenters. The van der Waals surface area contributed by atoms with Crippen molar-refractivity contribution in [3.8, 4) is 0 Å². The highest BCUT2D eigenvalue weighted by Crippen LogP contribution is 2.40. The number of hydrogen-bond acceptors (Lipinski definition) is 2. The molecule has 1 aliphatic carbocycles. The van der Waals surface area contributed by atoms with Crippen LogP contribution in [0, 0.1) is 11.3 Å². The van der Waals surface area contributed by atoms with E-state index in [9.17, 15) is 0 Å². The predicted molar refractivity (Wildman–Crippen MR) is 50.5 cm³/mol. The van der Waals surface area contributed by atoms with E-state index in [2.05, 4.69) is 20.8 Å². The van der Waals surface area contributed by atoms with Gasteiger partial charge in [-0.2, -0.15) is 0 Å². The topological polar surface area (TPSA) is 35.2 Å². The second-order valence-electron chi connectivity index (χ2n) is 4.86. The molecule has 0 aliphatic heterocycles. The Morgan fingerprint density at radius 1 is 1.50 bits per heavy atom. The second kappa shape index (κ2) is 3.75. The molecule has 0 aromatic rings. The van der Waals surface area contributed by atoms with Crippen molar-refractivity contribution in [3.63, 3.8) is 0 Å². The summed E-state index contributed by atoms with van der Waals surface area (Å²) in [4.78, 5) is 4.88. The van der Waals surface area contributed by atoms with Crippen molar-refractivity contribution >= 4 is 0 Å². The van der Waals surface area contributed by atoms with Crippen molar-refractivity contribution in [2.75, 3.05) is 0 Å². The van der Waals surface area contributed by atoms with Crippen molar-refractivity contribution in [2.24, 2.45) is 17.2 Å². The molecule has 0 saturated heterocycles. The standard InChI is InChI=1S/C10H21NO/c1-8(12-11)9-5-4-6-10(2,3)7-9/h8-9H,4-7,11H2,1-3H3. The lowest BCUT2D eigenvalue weighted by molar-refractivity contribution is -0.00755. The molecule has 0 spiro atoms. The molecule has 2 heteroatoms. The summed E-state index contributed by atoms with van der Waals surface area (Å²) < 4.78 is 0. The molecular formula is C10H21NO. The Kier molecular flexibility index (Phi) is 3.13. The fourth-order valence-electron chi connectivity index (χ4n) is 2.27. The maximum atomic E-state index is 5.19. The average molecular weight is 171 g/mol. The number of rotatable bonds is 2. The first-order valence-electron chi connectivity index (χ1n) is 4.91. The van der Waals surface area contributed by atoms with Crippen LogP contribution in [-0.2, 0) is 4.84 Å². The van der Waals surface area contributed by atoms with Crippen LogP contribution in [0.2, 0.25) is 0 Å². The molecule has 0 bridgehead atoms. The Hall–Kier alpha value is -0.0800. The summed E-state index contributed by atoms with van der Waals surface area (Å²) in [5.74, 6) is 5.86. The molecule has 1 rings (SSSR count). The second-order valence-corrected chi connectivity index (χ2v) is 4.86. The van der Waals surface area contributed by atoms with Gasteiger partial charge in [-0.15, -0.1) is 0 Å². The highest BCUT2D eigenvalue weighted by molar-refractivity contribution is 4.81. The van der Waals surface area contributed by atoms with Crippen molar-refractivity contribution < 1.29 is 4.84 Å². The molecular weight excluding hydrogens is 150 g/mol. The van der Waals surface area contributed by atoms with Gasteiger partial charge in [0.2, 0.25) is 0 Å². The van der Waals surface area contributed by atoms with Gasteiger partial charge < -0.3 is 4.84 Å². The van der Waals surface area contributed by atoms with Crippen molar-refractivity contribution in [3.05, 3.63) is 0 Å². The molecule has 72 valence electrons. The van der Waals surface area contributed by atoms with Crippen LogP contribution in [-0.4, -0.2) is 6.10 Å². The third kappa shape index (κ3) is 2.46. The molecule has 1 aliphatic rings. The van der Waals surface area contributed by atoms with E-state index in [0.717, 1.165) is 0 Å². The predicted octanol–water partition coefficient (Wildman–Crippen LogP) is 2.48. The molecule has 0 radical (unpaired) electrons. The van der Waals surface area contributed by atoms with Gasteiger partial charge >= 0.3 is 0 Å². The summed E-state index contributed by atoms with van der Waals surface area (Å²) >= 11 is 0. The lowest BCUT2D eigenvalue weighted by Gasteiger charge is -2.37. The molecule has 0 amide bonds. The van der Waals surface area contributed by atoms with E-state index in [-0.39, 0.29) is 6.10 Å². The first-order chi connectivity index (χ1) is 5.55. The Morgan fingerprint density at radius 2 is 2.17 bits per heavy atom. The molecule has 1 fully saturated rings. The van der Waals surface area contributed by atoms with Crippen LogP contribution in [0.5, 0.6) is 0 Å². The number of hydrogen-bond donors (Lipinski definition) is 1. The van der Waals surface area contributed by atoms with Crippen LogP contribution in [0.25, 0.3) is 0 Å². The van der Waals surface area contributed by atoms with Gasteiger partial charge in [-0.25, -0.2) is 5.90 Å². The van der Waals surface area contributed by atoms with Crippen LogP contribution >= 0.6 is 0 Å². The minimum atomic E-state index is 0.226. The maximum absolute atomic E-state index is 5.19.